The molecule has 3 aromatic carbocycles. The van der Waals surface area contributed by atoms with Crippen LogP contribution in [0.1, 0.15) is 5.56 Å². The second kappa shape index (κ2) is 6.79. The largest absolute Gasteiger partial charge is 0.268 e. The molecule has 1 heterocycles. The molecule has 4 rings (SSSR count). The highest BCUT2D eigenvalue weighted by molar-refractivity contribution is 7.90. The van der Waals surface area contributed by atoms with Gasteiger partial charge in [0.2, 0.25) is 0 Å². The summed E-state index contributed by atoms with van der Waals surface area (Å²) in [7, 11) is -5.00. The van der Waals surface area contributed by atoms with Crippen molar-refractivity contribution in [3.63, 3.8) is 0 Å². The molecular formula is C21H17NO3S2. The standard InChI is InChI=1S/C21H17NO3S2/c1-16-7-10-20(11-8-16)27(24,25)22-14-13-17-15-19(9-12-21(17)22)26(23)18-5-3-2-4-6-18/h2-15H,1H3. The average Bonchev–Trinajstić information content (AvgIpc) is 3.12. The van der Waals surface area contributed by atoms with Crippen LogP contribution in [0.4, 0.5) is 0 Å². The maximum atomic E-state index is 13.0. The third kappa shape index (κ3) is 3.22. The summed E-state index contributed by atoms with van der Waals surface area (Å²) in [5.41, 5.74) is 1.56. The zero-order valence-corrected chi connectivity index (χ0v) is 16.2. The van der Waals surface area contributed by atoms with E-state index in [4.69, 9.17) is 0 Å². The summed E-state index contributed by atoms with van der Waals surface area (Å²) in [6.45, 7) is 1.91. The molecule has 1 aromatic heterocycles. The highest BCUT2D eigenvalue weighted by Crippen LogP contribution is 2.26. The molecular weight excluding hydrogens is 378 g/mol. The molecule has 27 heavy (non-hydrogen) atoms. The highest BCUT2D eigenvalue weighted by atomic mass is 32.2. The van der Waals surface area contributed by atoms with E-state index in [1.54, 1.807) is 48.5 Å². The molecule has 0 amide bonds. The van der Waals surface area contributed by atoms with Crippen molar-refractivity contribution in [2.75, 3.05) is 0 Å². The van der Waals surface area contributed by atoms with Gasteiger partial charge in [0, 0.05) is 21.4 Å². The zero-order valence-electron chi connectivity index (χ0n) is 14.6. The van der Waals surface area contributed by atoms with Crippen LogP contribution in [0.25, 0.3) is 10.9 Å². The van der Waals surface area contributed by atoms with E-state index in [-0.39, 0.29) is 4.90 Å². The third-order valence-corrected chi connectivity index (χ3v) is 7.46. The first kappa shape index (κ1) is 17.7. The Hall–Kier alpha value is -2.70. The number of aryl methyl sites for hydroxylation is 1. The Labute approximate surface area is 160 Å². The lowest BCUT2D eigenvalue weighted by atomic mass is 10.2. The maximum absolute atomic E-state index is 13.0. The van der Waals surface area contributed by atoms with Crippen LogP contribution in [0.2, 0.25) is 0 Å². The minimum Gasteiger partial charge on any atom is -0.249 e. The number of aromatic nitrogens is 1. The van der Waals surface area contributed by atoms with Gasteiger partial charge in [0.05, 0.1) is 21.2 Å². The van der Waals surface area contributed by atoms with E-state index in [0.717, 1.165) is 10.9 Å². The SMILES string of the molecule is Cc1ccc(S(=O)(=O)n2ccc3cc(S(=O)c4ccccc4)ccc32)cc1. The van der Waals surface area contributed by atoms with Crippen LogP contribution in [0.15, 0.2) is 99.7 Å². The highest BCUT2D eigenvalue weighted by Gasteiger charge is 2.19. The van der Waals surface area contributed by atoms with Crippen molar-refractivity contribution in [3.8, 4) is 0 Å². The van der Waals surface area contributed by atoms with Crippen LogP contribution in [0.3, 0.4) is 0 Å². The molecule has 136 valence electrons. The van der Waals surface area contributed by atoms with E-state index in [2.05, 4.69) is 0 Å². The van der Waals surface area contributed by atoms with E-state index in [1.807, 2.05) is 37.3 Å². The summed E-state index contributed by atoms with van der Waals surface area (Å²) < 4.78 is 39.9. The van der Waals surface area contributed by atoms with Crippen LogP contribution in [0.5, 0.6) is 0 Å². The van der Waals surface area contributed by atoms with Crippen molar-refractivity contribution in [2.45, 2.75) is 21.6 Å². The van der Waals surface area contributed by atoms with E-state index in [0.29, 0.717) is 15.3 Å². The van der Waals surface area contributed by atoms with E-state index >= 15 is 0 Å². The Morgan fingerprint density at radius 1 is 0.815 bits per heavy atom. The van der Waals surface area contributed by atoms with Gasteiger partial charge in [-0.05, 0) is 55.5 Å². The van der Waals surface area contributed by atoms with Crippen molar-refractivity contribution in [1.82, 2.24) is 3.97 Å². The number of hydrogen-bond donors (Lipinski definition) is 0. The van der Waals surface area contributed by atoms with Gasteiger partial charge in [-0.1, -0.05) is 35.9 Å². The van der Waals surface area contributed by atoms with Gasteiger partial charge in [-0.15, -0.1) is 0 Å². The van der Waals surface area contributed by atoms with Crippen LogP contribution < -0.4 is 0 Å². The molecule has 0 bridgehead atoms. The van der Waals surface area contributed by atoms with Crippen LogP contribution in [-0.4, -0.2) is 16.6 Å². The average molecular weight is 396 g/mol. The molecule has 0 aliphatic carbocycles. The van der Waals surface area contributed by atoms with Gasteiger partial charge in [0.1, 0.15) is 0 Å². The Kier molecular flexibility index (Phi) is 4.45. The summed E-state index contributed by atoms with van der Waals surface area (Å²) in [6.07, 6.45) is 1.54. The summed E-state index contributed by atoms with van der Waals surface area (Å²) in [6, 6.07) is 22.9. The van der Waals surface area contributed by atoms with E-state index in [9.17, 15) is 12.6 Å². The van der Waals surface area contributed by atoms with Gasteiger partial charge < -0.3 is 0 Å². The lowest BCUT2D eigenvalue weighted by molar-refractivity contribution is 0.589. The minimum atomic E-state index is -3.68. The summed E-state index contributed by atoms with van der Waals surface area (Å²) in [5.74, 6) is 0. The molecule has 4 nitrogen and oxygen atoms in total. The molecule has 0 aliphatic heterocycles. The number of nitrogens with zero attached hydrogens (tertiary/aromatic N) is 1. The molecule has 0 saturated carbocycles. The molecule has 1 unspecified atom stereocenters. The number of hydrogen-bond acceptors (Lipinski definition) is 3. The molecule has 0 fully saturated rings. The topological polar surface area (TPSA) is 56.1 Å². The van der Waals surface area contributed by atoms with Gasteiger partial charge in [0.15, 0.2) is 0 Å². The lowest BCUT2D eigenvalue weighted by Crippen LogP contribution is -2.11. The predicted molar refractivity (Wildman–Crippen MR) is 107 cm³/mol. The van der Waals surface area contributed by atoms with Crippen LogP contribution in [0, 0.1) is 6.92 Å². The van der Waals surface area contributed by atoms with Crippen molar-refractivity contribution < 1.29 is 12.6 Å². The second-order valence-corrected chi connectivity index (χ2v) is 9.53. The van der Waals surface area contributed by atoms with Gasteiger partial charge >= 0.3 is 0 Å². The van der Waals surface area contributed by atoms with Gasteiger partial charge in [-0.25, -0.2) is 16.6 Å². The molecule has 0 spiro atoms. The molecule has 6 heteroatoms. The Morgan fingerprint density at radius 3 is 2.22 bits per heavy atom. The van der Waals surface area contributed by atoms with Gasteiger partial charge in [-0.3, -0.25) is 0 Å². The first-order valence-corrected chi connectivity index (χ1v) is 11.0. The van der Waals surface area contributed by atoms with Crippen LogP contribution >= 0.6 is 0 Å². The fraction of sp³-hybridized carbons (Fsp3) is 0.0476. The summed E-state index contributed by atoms with van der Waals surface area (Å²) in [5, 5.41) is 0.729. The fourth-order valence-corrected chi connectivity index (χ4v) is 5.38. The van der Waals surface area contributed by atoms with Crippen molar-refractivity contribution in [2.24, 2.45) is 0 Å². The quantitative estimate of drug-likeness (QED) is 0.516. The molecule has 1 atom stereocenters. The predicted octanol–water partition coefficient (Wildman–Crippen LogP) is 4.35. The number of rotatable bonds is 4. The molecule has 4 aromatic rings. The molecule has 0 aliphatic rings. The lowest BCUT2D eigenvalue weighted by Gasteiger charge is -2.08. The van der Waals surface area contributed by atoms with E-state index < -0.39 is 20.8 Å². The zero-order chi connectivity index (χ0) is 19.0. The van der Waals surface area contributed by atoms with Gasteiger partial charge in [0.25, 0.3) is 10.0 Å². The molecule has 0 N–H and O–H groups in total. The summed E-state index contributed by atoms with van der Waals surface area (Å²) in [4.78, 5) is 1.59. The Balaban J connectivity index is 1.77. The normalized spacial score (nSPS) is 12.9. The molecule has 0 radical (unpaired) electrons. The smallest absolute Gasteiger partial charge is 0.249 e. The Bertz CT molecular complexity index is 1240. The first-order chi connectivity index (χ1) is 13.0. The Morgan fingerprint density at radius 2 is 1.52 bits per heavy atom. The monoisotopic (exact) mass is 395 g/mol. The maximum Gasteiger partial charge on any atom is 0.268 e. The van der Waals surface area contributed by atoms with Crippen LogP contribution in [-0.2, 0) is 20.8 Å². The van der Waals surface area contributed by atoms with Crippen molar-refractivity contribution in [1.29, 1.82) is 0 Å². The third-order valence-electron chi connectivity index (χ3n) is 4.38. The summed E-state index contributed by atoms with van der Waals surface area (Å²) >= 11 is 0. The number of fused-ring (bicyclic) bond motifs is 1. The minimum absolute atomic E-state index is 0.238. The van der Waals surface area contributed by atoms with Crippen molar-refractivity contribution >= 4 is 31.7 Å². The van der Waals surface area contributed by atoms with E-state index in [1.165, 1.54) is 10.2 Å². The fourth-order valence-electron chi connectivity index (χ4n) is 2.92. The van der Waals surface area contributed by atoms with Gasteiger partial charge in [-0.2, -0.15) is 0 Å². The second-order valence-electron chi connectivity index (χ2n) is 6.23. The number of benzene rings is 3. The first-order valence-electron chi connectivity index (χ1n) is 8.37. The van der Waals surface area contributed by atoms with Crippen molar-refractivity contribution in [3.05, 3.63) is 90.6 Å². The molecule has 0 saturated heterocycles.